The van der Waals surface area contributed by atoms with Crippen LogP contribution >= 0.6 is 0 Å². The minimum Gasteiger partial charge on any atom is -0.387 e. The lowest BCUT2D eigenvalue weighted by Crippen LogP contribution is -2.44. The first-order valence-corrected chi connectivity index (χ1v) is 10.4. The number of aromatic nitrogens is 3. The third-order valence-corrected chi connectivity index (χ3v) is 5.84. The van der Waals surface area contributed by atoms with Crippen molar-refractivity contribution in [2.45, 2.75) is 32.4 Å². The minimum atomic E-state index is -0.761. The van der Waals surface area contributed by atoms with E-state index in [0.717, 1.165) is 42.1 Å². The van der Waals surface area contributed by atoms with Gasteiger partial charge in [-0.2, -0.15) is 0 Å². The van der Waals surface area contributed by atoms with Crippen LogP contribution in [0.1, 0.15) is 23.2 Å². The van der Waals surface area contributed by atoms with Gasteiger partial charge in [0.05, 0.1) is 5.60 Å². The lowest BCUT2D eigenvalue weighted by Gasteiger charge is -2.31. The van der Waals surface area contributed by atoms with Crippen molar-refractivity contribution in [3.05, 3.63) is 71.7 Å². The van der Waals surface area contributed by atoms with Crippen LogP contribution in [0.5, 0.6) is 0 Å². The number of benzene rings is 1. The Labute approximate surface area is 178 Å². The lowest BCUT2D eigenvalue weighted by molar-refractivity contribution is 0.0561. The fourth-order valence-corrected chi connectivity index (χ4v) is 4.17. The molecule has 6 nitrogen and oxygen atoms in total. The number of rotatable bonds is 6. The standard InChI is InChI=1S/C24H29N5O/c1-18-19(2)26-22(21-10-7-12-25-14-21)27-23(18)28(3)16-24(30)11-13-29(17-24)15-20-8-5-4-6-9-20/h4-10,12,14,30H,11,13,15-17H2,1-3H3. The van der Waals surface area contributed by atoms with Crippen molar-refractivity contribution in [3.8, 4) is 11.4 Å². The van der Waals surface area contributed by atoms with E-state index in [4.69, 9.17) is 4.98 Å². The Hall–Kier alpha value is -2.83. The van der Waals surface area contributed by atoms with Gasteiger partial charge >= 0.3 is 0 Å². The van der Waals surface area contributed by atoms with Gasteiger partial charge in [0.1, 0.15) is 5.82 Å². The molecular weight excluding hydrogens is 374 g/mol. The second-order valence-corrected chi connectivity index (χ2v) is 8.35. The van der Waals surface area contributed by atoms with Crippen LogP contribution in [-0.4, -0.2) is 57.2 Å². The number of aryl methyl sites for hydroxylation is 1. The number of anilines is 1. The highest BCUT2D eigenvalue weighted by molar-refractivity contribution is 5.59. The molecule has 3 aromatic rings. The maximum atomic E-state index is 11.3. The molecule has 4 rings (SSSR count). The predicted octanol–water partition coefficient (Wildman–Crippen LogP) is 3.23. The molecule has 1 unspecified atom stereocenters. The zero-order chi connectivity index (χ0) is 21.1. The van der Waals surface area contributed by atoms with Crippen LogP contribution in [0.3, 0.4) is 0 Å². The van der Waals surface area contributed by atoms with Gasteiger partial charge in [-0.05, 0) is 38.0 Å². The smallest absolute Gasteiger partial charge is 0.163 e. The fourth-order valence-electron chi connectivity index (χ4n) is 4.17. The Morgan fingerprint density at radius 3 is 2.63 bits per heavy atom. The zero-order valence-electron chi connectivity index (χ0n) is 17.9. The quantitative estimate of drug-likeness (QED) is 0.682. The minimum absolute atomic E-state index is 0.530. The SMILES string of the molecule is Cc1nc(-c2cccnc2)nc(N(C)CC2(O)CCN(Cc3ccccc3)C2)c1C. The van der Waals surface area contributed by atoms with Gasteiger partial charge in [-0.15, -0.1) is 0 Å². The van der Waals surface area contributed by atoms with E-state index >= 15 is 0 Å². The van der Waals surface area contributed by atoms with Crippen LogP contribution in [0.25, 0.3) is 11.4 Å². The van der Waals surface area contributed by atoms with Crippen LogP contribution in [0, 0.1) is 13.8 Å². The summed E-state index contributed by atoms with van der Waals surface area (Å²) in [7, 11) is 2.00. The summed E-state index contributed by atoms with van der Waals surface area (Å²) >= 11 is 0. The molecule has 6 heteroatoms. The molecule has 1 aliphatic rings. The van der Waals surface area contributed by atoms with E-state index in [1.807, 2.05) is 39.1 Å². The van der Waals surface area contributed by atoms with Crippen LogP contribution in [-0.2, 0) is 6.54 Å². The Morgan fingerprint density at radius 2 is 1.90 bits per heavy atom. The molecule has 0 spiro atoms. The summed E-state index contributed by atoms with van der Waals surface area (Å²) < 4.78 is 0. The fraction of sp³-hybridized carbons (Fsp3) is 0.375. The summed E-state index contributed by atoms with van der Waals surface area (Å²) in [6.45, 7) is 6.98. The lowest BCUT2D eigenvalue weighted by atomic mass is 10.0. The topological polar surface area (TPSA) is 65.4 Å². The van der Waals surface area contributed by atoms with Gasteiger partial charge in [-0.3, -0.25) is 9.88 Å². The van der Waals surface area contributed by atoms with E-state index in [1.54, 1.807) is 12.4 Å². The van der Waals surface area contributed by atoms with Crippen molar-refractivity contribution >= 4 is 5.82 Å². The summed E-state index contributed by atoms with van der Waals surface area (Å²) in [6, 6.07) is 14.3. The zero-order valence-corrected chi connectivity index (χ0v) is 17.9. The molecule has 1 aromatic carbocycles. The van der Waals surface area contributed by atoms with Crippen molar-refractivity contribution in [3.63, 3.8) is 0 Å². The molecule has 2 aromatic heterocycles. The molecule has 1 fully saturated rings. The number of β-amino-alcohol motifs (C(OH)–C–C–N with tert-alkyl or cyclic N) is 1. The van der Waals surface area contributed by atoms with Crippen LogP contribution in [0.2, 0.25) is 0 Å². The summed E-state index contributed by atoms with van der Waals surface area (Å²) in [4.78, 5) is 18.0. The first-order valence-electron chi connectivity index (χ1n) is 10.4. The second kappa shape index (κ2) is 8.50. The first-order chi connectivity index (χ1) is 14.4. The molecule has 0 saturated carbocycles. The van der Waals surface area contributed by atoms with E-state index in [-0.39, 0.29) is 0 Å². The van der Waals surface area contributed by atoms with Crippen molar-refractivity contribution in [2.24, 2.45) is 0 Å². The van der Waals surface area contributed by atoms with Gasteiger partial charge in [-0.25, -0.2) is 9.97 Å². The van der Waals surface area contributed by atoms with Crippen molar-refractivity contribution in [2.75, 3.05) is 31.6 Å². The summed E-state index contributed by atoms with van der Waals surface area (Å²) in [5.41, 5.74) is 3.38. The molecule has 0 aliphatic carbocycles. The van der Waals surface area contributed by atoms with E-state index in [9.17, 15) is 5.11 Å². The molecule has 1 N–H and O–H groups in total. The van der Waals surface area contributed by atoms with Crippen LogP contribution in [0.15, 0.2) is 54.9 Å². The monoisotopic (exact) mass is 403 g/mol. The first kappa shape index (κ1) is 20.4. The van der Waals surface area contributed by atoms with Crippen LogP contribution in [0.4, 0.5) is 5.82 Å². The van der Waals surface area contributed by atoms with E-state index in [0.29, 0.717) is 18.9 Å². The maximum Gasteiger partial charge on any atom is 0.163 e. The molecule has 3 heterocycles. The van der Waals surface area contributed by atoms with Gasteiger partial charge in [0, 0.05) is 62.4 Å². The number of hydrogen-bond donors (Lipinski definition) is 1. The van der Waals surface area contributed by atoms with Gasteiger partial charge in [0.25, 0.3) is 0 Å². The molecule has 0 bridgehead atoms. The number of nitrogens with zero attached hydrogens (tertiary/aromatic N) is 5. The van der Waals surface area contributed by atoms with Crippen molar-refractivity contribution < 1.29 is 5.11 Å². The van der Waals surface area contributed by atoms with E-state index in [2.05, 4.69) is 44.0 Å². The third kappa shape index (κ3) is 4.50. The summed E-state index contributed by atoms with van der Waals surface area (Å²) in [5.74, 6) is 1.52. The Morgan fingerprint density at radius 1 is 1.10 bits per heavy atom. The third-order valence-electron chi connectivity index (χ3n) is 5.84. The highest BCUT2D eigenvalue weighted by Gasteiger charge is 2.37. The number of pyridine rings is 1. The molecule has 1 aliphatic heterocycles. The van der Waals surface area contributed by atoms with Gasteiger partial charge in [0.2, 0.25) is 0 Å². The average molecular weight is 404 g/mol. The number of aliphatic hydroxyl groups is 1. The molecular formula is C24H29N5O. The summed E-state index contributed by atoms with van der Waals surface area (Å²) in [6.07, 6.45) is 4.27. The molecule has 0 amide bonds. The Kier molecular flexibility index (Phi) is 5.79. The molecule has 1 saturated heterocycles. The number of likely N-dealkylation sites (tertiary alicyclic amines) is 1. The highest BCUT2D eigenvalue weighted by atomic mass is 16.3. The highest BCUT2D eigenvalue weighted by Crippen LogP contribution is 2.28. The van der Waals surface area contributed by atoms with Gasteiger partial charge < -0.3 is 10.0 Å². The molecule has 156 valence electrons. The van der Waals surface area contributed by atoms with Gasteiger partial charge in [0.15, 0.2) is 5.82 Å². The normalized spacial score (nSPS) is 19.2. The number of likely N-dealkylation sites (N-methyl/N-ethyl adjacent to an activating group) is 1. The average Bonchev–Trinajstić information content (AvgIpc) is 3.11. The summed E-state index contributed by atoms with van der Waals surface area (Å²) in [5, 5.41) is 11.3. The predicted molar refractivity (Wildman–Crippen MR) is 119 cm³/mol. The second-order valence-electron chi connectivity index (χ2n) is 8.35. The number of hydrogen-bond acceptors (Lipinski definition) is 6. The molecule has 0 radical (unpaired) electrons. The maximum absolute atomic E-state index is 11.3. The Balaban J connectivity index is 1.49. The molecule has 30 heavy (non-hydrogen) atoms. The van der Waals surface area contributed by atoms with Crippen molar-refractivity contribution in [1.29, 1.82) is 0 Å². The van der Waals surface area contributed by atoms with Crippen molar-refractivity contribution in [1.82, 2.24) is 19.9 Å². The van der Waals surface area contributed by atoms with Crippen LogP contribution < -0.4 is 4.90 Å². The van der Waals surface area contributed by atoms with E-state index < -0.39 is 5.60 Å². The molecule has 1 atom stereocenters. The Bertz CT molecular complexity index is 995. The largest absolute Gasteiger partial charge is 0.387 e. The van der Waals surface area contributed by atoms with E-state index in [1.165, 1.54) is 5.56 Å². The van der Waals surface area contributed by atoms with Gasteiger partial charge in [-0.1, -0.05) is 30.3 Å².